The van der Waals surface area contributed by atoms with Crippen LogP contribution in [-0.2, 0) is 9.84 Å². The third-order valence-electron chi connectivity index (χ3n) is 3.27. The van der Waals surface area contributed by atoms with Gasteiger partial charge in [0, 0.05) is 9.83 Å². The minimum Gasteiger partial charge on any atom is -0.345 e. The summed E-state index contributed by atoms with van der Waals surface area (Å²) in [4.78, 5) is 12.5. The molecule has 116 valence electrons. The van der Waals surface area contributed by atoms with E-state index in [9.17, 15) is 13.2 Å². The predicted molar refractivity (Wildman–Crippen MR) is 94.6 cm³/mol. The molecule has 1 amide bonds. The molecule has 0 fully saturated rings. The molecule has 0 radical (unpaired) electrons. The molecule has 0 bridgehead atoms. The molecular formula is C16H16INO3S. The lowest BCUT2D eigenvalue weighted by atomic mass is 10.1. The van der Waals surface area contributed by atoms with Crippen molar-refractivity contribution in [2.75, 3.05) is 6.26 Å². The van der Waals surface area contributed by atoms with Crippen LogP contribution in [0.25, 0.3) is 0 Å². The van der Waals surface area contributed by atoms with Crippen molar-refractivity contribution in [3.63, 3.8) is 0 Å². The zero-order valence-corrected chi connectivity index (χ0v) is 15.2. The van der Waals surface area contributed by atoms with Gasteiger partial charge in [0.1, 0.15) is 0 Å². The molecule has 0 unspecified atom stereocenters. The molecule has 0 heterocycles. The summed E-state index contributed by atoms with van der Waals surface area (Å²) in [6.07, 6.45) is 1.17. The van der Waals surface area contributed by atoms with Gasteiger partial charge in [-0.25, -0.2) is 8.42 Å². The van der Waals surface area contributed by atoms with Crippen molar-refractivity contribution in [2.24, 2.45) is 0 Å². The number of halogens is 1. The Morgan fingerprint density at radius 3 is 2.23 bits per heavy atom. The van der Waals surface area contributed by atoms with Gasteiger partial charge >= 0.3 is 0 Å². The molecule has 0 aliphatic carbocycles. The van der Waals surface area contributed by atoms with E-state index in [4.69, 9.17) is 0 Å². The smallest absolute Gasteiger partial charge is 0.252 e. The second-order valence-electron chi connectivity index (χ2n) is 5.02. The molecule has 0 aromatic heterocycles. The molecule has 1 atom stereocenters. The van der Waals surface area contributed by atoms with E-state index in [1.807, 2.05) is 25.1 Å². The van der Waals surface area contributed by atoms with E-state index < -0.39 is 9.84 Å². The van der Waals surface area contributed by atoms with Gasteiger partial charge in [-0.1, -0.05) is 24.3 Å². The van der Waals surface area contributed by atoms with Gasteiger partial charge in [-0.15, -0.1) is 0 Å². The Morgan fingerprint density at radius 1 is 1.09 bits per heavy atom. The molecule has 0 aliphatic heterocycles. The molecule has 0 saturated carbocycles. The standard InChI is InChI=1S/C16H16INO3S/c1-11(12-7-9-13(10-8-12)22(2,20)21)18-16(19)14-5-3-4-6-15(14)17/h3-11H,1-2H3,(H,18,19)/t11-/m1/s1. The van der Waals surface area contributed by atoms with Crippen molar-refractivity contribution < 1.29 is 13.2 Å². The van der Waals surface area contributed by atoms with Crippen molar-refractivity contribution in [3.05, 3.63) is 63.2 Å². The van der Waals surface area contributed by atoms with Crippen molar-refractivity contribution in [3.8, 4) is 0 Å². The van der Waals surface area contributed by atoms with Crippen LogP contribution in [0.2, 0.25) is 0 Å². The van der Waals surface area contributed by atoms with Crippen LogP contribution in [0.15, 0.2) is 53.4 Å². The number of benzene rings is 2. The molecule has 22 heavy (non-hydrogen) atoms. The second kappa shape index (κ2) is 6.78. The molecule has 0 aliphatic rings. The van der Waals surface area contributed by atoms with Crippen molar-refractivity contribution in [2.45, 2.75) is 17.9 Å². The van der Waals surface area contributed by atoms with Gasteiger partial charge in [0.05, 0.1) is 16.5 Å². The largest absolute Gasteiger partial charge is 0.345 e. The van der Waals surface area contributed by atoms with E-state index in [0.29, 0.717) is 5.56 Å². The van der Waals surface area contributed by atoms with E-state index in [2.05, 4.69) is 27.9 Å². The average molecular weight is 429 g/mol. The third kappa shape index (κ3) is 4.07. The Kier molecular flexibility index (Phi) is 5.23. The lowest BCUT2D eigenvalue weighted by Gasteiger charge is -2.15. The first-order valence-corrected chi connectivity index (χ1v) is 9.61. The second-order valence-corrected chi connectivity index (χ2v) is 8.19. The van der Waals surface area contributed by atoms with Crippen LogP contribution < -0.4 is 5.32 Å². The summed E-state index contributed by atoms with van der Waals surface area (Å²) in [5, 5.41) is 2.92. The lowest BCUT2D eigenvalue weighted by Crippen LogP contribution is -2.27. The average Bonchev–Trinajstić information content (AvgIpc) is 2.46. The minimum atomic E-state index is -3.21. The van der Waals surface area contributed by atoms with E-state index in [1.165, 1.54) is 6.26 Å². The highest BCUT2D eigenvalue weighted by Crippen LogP contribution is 2.18. The van der Waals surface area contributed by atoms with Crippen LogP contribution in [0.1, 0.15) is 28.9 Å². The van der Waals surface area contributed by atoms with Gasteiger partial charge in [-0.2, -0.15) is 0 Å². The Labute approximate surface area is 144 Å². The molecule has 2 rings (SSSR count). The van der Waals surface area contributed by atoms with Crippen LogP contribution in [-0.4, -0.2) is 20.6 Å². The summed E-state index contributed by atoms with van der Waals surface area (Å²) in [6.45, 7) is 1.86. The Bertz CT molecular complexity index is 785. The number of hydrogen-bond donors (Lipinski definition) is 1. The van der Waals surface area contributed by atoms with Crippen LogP contribution in [0.3, 0.4) is 0 Å². The predicted octanol–water partition coefficient (Wildman–Crippen LogP) is 3.19. The van der Waals surface area contributed by atoms with Crippen molar-refractivity contribution in [1.29, 1.82) is 0 Å². The van der Waals surface area contributed by atoms with Gasteiger partial charge in [0.2, 0.25) is 0 Å². The molecular weight excluding hydrogens is 413 g/mol. The topological polar surface area (TPSA) is 63.2 Å². The lowest BCUT2D eigenvalue weighted by molar-refractivity contribution is 0.0939. The fourth-order valence-corrected chi connectivity index (χ4v) is 3.27. The summed E-state index contributed by atoms with van der Waals surface area (Å²) in [5.74, 6) is -0.148. The number of carbonyl (C=O) groups is 1. The van der Waals surface area contributed by atoms with Gasteiger partial charge in [0.15, 0.2) is 9.84 Å². The third-order valence-corrected chi connectivity index (χ3v) is 5.34. The molecule has 6 heteroatoms. The SMILES string of the molecule is C[C@@H](NC(=O)c1ccccc1I)c1ccc(S(C)(=O)=O)cc1. The summed E-state index contributed by atoms with van der Waals surface area (Å²) in [6, 6.07) is 13.7. The molecule has 0 spiro atoms. The van der Waals surface area contributed by atoms with Gasteiger partial charge in [0.25, 0.3) is 5.91 Å². The highest BCUT2D eigenvalue weighted by atomic mass is 127. The highest BCUT2D eigenvalue weighted by Gasteiger charge is 2.14. The van der Waals surface area contributed by atoms with Crippen LogP contribution >= 0.6 is 22.6 Å². The van der Waals surface area contributed by atoms with Gasteiger partial charge < -0.3 is 5.32 Å². The number of carbonyl (C=O) groups excluding carboxylic acids is 1. The minimum absolute atomic E-state index is 0.148. The maximum Gasteiger partial charge on any atom is 0.252 e. The number of sulfone groups is 1. The molecule has 2 aromatic carbocycles. The zero-order valence-electron chi connectivity index (χ0n) is 12.2. The Hall–Kier alpha value is -1.41. The summed E-state index contributed by atoms with van der Waals surface area (Å²) in [5.41, 5.74) is 1.48. The molecule has 4 nitrogen and oxygen atoms in total. The van der Waals surface area contributed by atoms with Crippen molar-refractivity contribution in [1.82, 2.24) is 5.32 Å². The van der Waals surface area contributed by atoms with E-state index in [-0.39, 0.29) is 16.8 Å². The molecule has 0 saturated heterocycles. The van der Waals surface area contributed by atoms with Crippen molar-refractivity contribution >= 4 is 38.3 Å². The fourth-order valence-electron chi connectivity index (χ4n) is 2.01. The molecule has 2 aromatic rings. The van der Waals surface area contributed by atoms with Crippen LogP contribution in [0.5, 0.6) is 0 Å². The molecule has 1 N–H and O–H groups in total. The van der Waals surface area contributed by atoms with Gasteiger partial charge in [-0.3, -0.25) is 4.79 Å². The van der Waals surface area contributed by atoms with Gasteiger partial charge in [-0.05, 0) is 59.3 Å². The number of rotatable bonds is 4. The number of hydrogen-bond acceptors (Lipinski definition) is 3. The first kappa shape index (κ1) is 17.0. The normalized spacial score (nSPS) is 12.7. The fraction of sp³-hybridized carbons (Fsp3) is 0.188. The van der Waals surface area contributed by atoms with Crippen LogP contribution in [0.4, 0.5) is 0 Å². The maximum absolute atomic E-state index is 12.3. The number of nitrogens with one attached hydrogen (secondary N) is 1. The summed E-state index contributed by atoms with van der Waals surface area (Å²) in [7, 11) is -3.21. The van der Waals surface area contributed by atoms with E-state index in [1.54, 1.807) is 30.3 Å². The first-order valence-electron chi connectivity index (χ1n) is 6.64. The first-order chi connectivity index (χ1) is 10.3. The quantitative estimate of drug-likeness (QED) is 0.760. The summed E-state index contributed by atoms with van der Waals surface area (Å²) < 4.78 is 23.8. The van der Waals surface area contributed by atoms with E-state index >= 15 is 0 Å². The monoisotopic (exact) mass is 429 g/mol. The Morgan fingerprint density at radius 2 is 1.68 bits per heavy atom. The summed E-state index contributed by atoms with van der Waals surface area (Å²) >= 11 is 2.12. The Balaban J connectivity index is 2.14. The number of amides is 1. The zero-order chi connectivity index (χ0) is 16.3. The highest BCUT2D eigenvalue weighted by molar-refractivity contribution is 14.1. The van der Waals surface area contributed by atoms with E-state index in [0.717, 1.165) is 9.13 Å². The maximum atomic E-state index is 12.3. The van der Waals surface area contributed by atoms with Crippen LogP contribution in [0, 0.1) is 3.57 Å².